The van der Waals surface area contributed by atoms with Crippen LogP contribution in [0.15, 0.2) is 75.8 Å². The summed E-state index contributed by atoms with van der Waals surface area (Å²) in [5.74, 6) is 6.93. The van der Waals surface area contributed by atoms with E-state index in [-0.39, 0.29) is 6.03 Å². The standard InChI is InChI=1S/C21H17BrN2O2/c1-24(15-19-12-13-20(22)26-19)21(25)23-18-9-5-8-17(14-18)11-10-16-6-3-2-4-7-16/h2-9,12-14H,15H2,1H3,(H,23,25). The van der Waals surface area contributed by atoms with Gasteiger partial charge in [-0.15, -0.1) is 0 Å². The van der Waals surface area contributed by atoms with E-state index in [1.807, 2.05) is 60.7 Å². The Balaban J connectivity index is 1.64. The molecule has 0 fully saturated rings. The number of carbonyl (C=O) groups excluding carboxylic acids is 1. The molecular formula is C21H17BrN2O2. The summed E-state index contributed by atoms with van der Waals surface area (Å²) in [6, 6.07) is 20.7. The molecule has 0 aliphatic heterocycles. The van der Waals surface area contributed by atoms with E-state index in [2.05, 4.69) is 33.1 Å². The highest BCUT2D eigenvalue weighted by Crippen LogP contribution is 2.16. The van der Waals surface area contributed by atoms with E-state index in [1.165, 1.54) is 0 Å². The van der Waals surface area contributed by atoms with Gasteiger partial charge in [0.2, 0.25) is 0 Å². The zero-order chi connectivity index (χ0) is 18.4. The fourth-order valence-corrected chi connectivity index (χ4v) is 2.64. The smallest absolute Gasteiger partial charge is 0.321 e. The predicted octanol–water partition coefficient (Wildman–Crippen LogP) is 5.11. The van der Waals surface area contributed by atoms with Crippen LogP contribution in [0.2, 0.25) is 0 Å². The first kappa shape index (κ1) is 17.8. The van der Waals surface area contributed by atoms with Crippen molar-refractivity contribution in [3.05, 3.63) is 88.3 Å². The molecule has 5 heteroatoms. The average molecular weight is 409 g/mol. The van der Waals surface area contributed by atoms with Crippen molar-refractivity contribution in [2.24, 2.45) is 0 Å². The molecule has 3 rings (SSSR count). The highest BCUT2D eigenvalue weighted by Gasteiger charge is 2.11. The first-order chi connectivity index (χ1) is 12.6. The van der Waals surface area contributed by atoms with E-state index in [9.17, 15) is 4.79 Å². The van der Waals surface area contributed by atoms with Crippen molar-refractivity contribution in [3.8, 4) is 11.8 Å². The molecule has 4 nitrogen and oxygen atoms in total. The first-order valence-corrected chi connectivity index (χ1v) is 8.83. The summed E-state index contributed by atoms with van der Waals surface area (Å²) in [7, 11) is 1.71. The van der Waals surface area contributed by atoms with E-state index >= 15 is 0 Å². The summed E-state index contributed by atoms with van der Waals surface area (Å²) in [6.45, 7) is 0.380. The zero-order valence-corrected chi connectivity index (χ0v) is 15.8. The number of nitrogens with one attached hydrogen (secondary N) is 1. The molecule has 2 amide bonds. The van der Waals surface area contributed by atoms with Gasteiger partial charge in [-0.3, -0.25) is 0 Å². The monoisotopic (exact) mass is 408 g/mol. The second kappa shape index (κ2) is 8.41. The molecule has 130 valence electrons. The molecular weight excluding hydrogens is 392 g/mol. The minimum absolute atomic E-state index is 0.217. The lowest BCUT2D eigenvalue weighted by atomic mass is 10.1. The highest BCUT2D eigenvalue weighted by atomic mass is 79.9. The Morgan fingerprint density at radius 1 is 1.04 bits per heavy atom. The molecule has 0 saturated heterocycles. The molecule has 1 N–H and O–H groups in total. The Morgan fingerprint density at radius 3 is 2.50 bits per heavy atom. The SMILES string of the molecule is CN(Cc1ccc(Br)o1)C(=O)Nc1cccc(C#Cc2ccccc2)c1. The summed E-state index contributed by atoms with van der Waals surface area (Å²) in [5, 5.41) is 2.87. The lowest BCUT2D eigenvalue weighted by molar-refractivity contribution is 0.216. The van der Waals surface area contributed by atoms with Gasteiger partial charge in [0.15, 0.2) is 4.67 Å². The average Bonchev–Trinajstić information content (AvgIpc) is 3.06. The maximum atomic E-state index is 12.3. The summed E-state index contributed by atoms with van der Waals surface area (Å²) < 4.78 is 6.07. The second-order valence-electron chi connectivity index (χ2n) is 5.69. The number of amides is 2. The van der Waals surface area contributed by atoms with Gasteiger partial charge in [0.05, 0.1) is 6.54 Å². The third-order valence-corrected chi connectivity index (χ3v) is 4.03. The van der Waals surface area contributed by atoms with Crippen LogP contribution in [0, 0.1) is 11.8 Å². The molecule has 0 atom stereocenters. The quantitative estimate of drug-likeness (QED) is 0.612. The van der Waals surface area contributed by atoms with Crippen molar-refractivity contribution in [1.82, 2.24) is 4.90 Å². The molecule has 0 bridgehead atoms. The van der Waals surface area contributed by atoms with Crippen LogP contribution in [-0.2, 0) is 6.54 Å². The van der Waals surface area contributed by atoms with Crippen molar-refractivity contribution in [1.29, 1.82) is 0 Å². The van der Waals surface area contributed by atoms with E-state index < -0.39 is 0 Å². The van der Waals surface area contributed by atoms with E-state index in [1.54, 1.807) is 18.0 Å². The zero-order valence-electron chi connectivity index (χ0n) is 14.2. The van der Waals surface area contributed by atoms with Gasteiger partial charge in [0.25, 0.3) is 0 Å². The number of anilines is 1. The van der Waals surface area contributed by atoms with Crippen molar-refractivity contribution in [2.45, 2.75) is 6.54 Å². The Kier molecular flexibility index (Phi) is 5.77. The van der Waals surface area contributed by atoms with Gasteiger partial charge in [-0.25, -0.2) is 4.79 Å². The van der Waals surface area contributed by atoms with E-state index in [4.69, 9.17) is 4.42 Å². The number of hydrogen-bond acceptors (Lipinski definition) is 2. The first-order valence-electron chi connectivity index (χ1n) is 8.03. The van der Waals surface area contributed by atoms with Crippen LogP contribution >= 0.6 is 15.9 Å². The number of urea groups is 1. The number of benzene rings is 2. The molecule has 2 aromatic carbocycles. The largest absolute Gasteiger partial charge is 0.452 e. The molecule has 0 unspecified atom stereocenters. The molecule has 1 aromatic heterocycles. The second-order valence-corrected chi connectivity index (χ2v) is 6.47. The van der Waals surface area contributed by atoms with Crippen LogP contribution in [0.1, 0.15) is 16.9 Å². The number of hydrogen-bond donors (Lipinski definition) is 1. The summed E-state index contributed by atoms with van der Waals surface area (Å²) in [4.78, 5) is 13.9. The Hall–Kier alpha value is -2.97. The normalized spacial score (nSPS) is 9.92. The topological polar surface area (TPSA) is 45.5 Å². The van der Waals surface area contributed by atoms with Crippen molar-refractivity contribution < 1.29 is 9.21 Å². The minimum Gasteiger partial charge on any atom is -0.452 e. The highest BCUT2D eigenvalue weighted by molar-refractivity contribution is 9.10. The van der Waals surface area contributed by atoms with E-state index in [0.717, 1.165) is 11.1 Å². The van der Waals surface area contributed by atoms with Crippen LogP contribution in [0.4, 0.5) is 10.5 Å². The van der Waals surface area contributed by atoms with Gasteiger partial charge in [0, 0.05) is 23.9 Å². The lowest BCUT2D eigenvalue weighted by Crippen LogP contribution is -2.30. The predicted molar refractivity (Wildman–Crippen MR) is 106 cm³/mol. The fraction of sp³-hybridized carbons (Fsp3) is 0.0952. The molecule has 0 radical (unpaired) electrons. The van der Waals surface area contributed by atoms with Gasteiger partial charge in [-0.2, -0.15) is 0 Å². The van der Waals surface area contributed by atoms with Gasteiger partial charge < -0.3 is 14.6 Å². The van der Waals surface area contributed by atoms with Crippen molar-refractivity contribution in [3.63, 3.8) is 0 Å². The number of carbonyl (C=O) groups is 1. The van der Waals surface area contributed by atoms with Crippen LogP contribution in [0.25, 0.3) is 0 Å². The molecule has 26 heavy (non-hydrogen) atoms. The van der Waals surface area contributed by atoms with Crippen LogP contribution in [0.3, 0.4) is 0 Å². The third-order valence-electron chi connectivity index (χ3n) is 3.61. The van der Waals surface area contributed by atoms with Crippen molar-refractivity contribution >= 4 is 27.6 Å². The molecule has 0 saturated carbocycles. The van der Waals surface area contributed by atoms with Crippen LogP contribution < -0.4 is 5.32 Å². The van der Waals surface area contributed by atoms with E-state index in [0.29, 0.717) is 22.7 Å². The number of furan rings is 1. The molecule has 0 aliphatic carbocycles. The maximum Gasteiger partial charge on any atom is 0.321 e. The lowest BCUT2D eigenvalue weighted by Gasteiger charge is -2.16. The van der Waals surface area contributed by atoms with Gasteiger partial charge >= 0.3 is 6.03 Å². The van der Waals surface area contributed by atoms with Crippen LogP contribution in [0.5, 0.6) is 0 Å². The van der Waals surface area contributed by atoms with Gasteiger partial charge in [-0.05, 0) is 58.4 Å². The number of nitrogens with zero attached hydrogens (tertiary/aromatic N) is 1. The molecule has 3 aromatic rings. The summed E-state index contributed by atoms with van der Waals surface area (Å²) in [5.41, 5.74) is 2.48. The van der Waals surface area contributed by atoms with Crippen molar-refractivity contribution in [2.75, 3.05) is 12.4 Å². The number of rotatable bonds is 3. The Bertz CT molecular complexity index is 955. The summed E-state index contributed by atoms with van der Waals surface area (Å²) in [6.07, 6.45) is 0. The summed E-state index contributed by atoms with van der Waals surface area (Å²) >= 11 is 3.25. The number of halogens is 1. The Morgan fingerprint density at radius 2 is 1.77 bits per heavy atom. The molecule has 0 spiro atoms. The van der Waals surface area contributed by atoms with Crippen LogP contribution in [-0.4, -0.2) is 18.0 Å². The van der Waals surface area contributed by atoms with Gasteiger partial charge in [-0.1, -0.05) is 36.1 Å². The fourth-order valence-electron chi connectivity index (χ4n) is 2.30. The molecule has 1 heterocycles. The third kappa shape index (κ3) is 5.01. The molecule has 0 aliphatic rings. The maximum absolute atomic E-state index is 12.3. The van der Waals surface area contributed by atoms with Gasteiger partial charge in [0.1, 0.15) is 5.76 Å². The Labute approximate surface area is 161 Å². The minimum atomic E-state index is -0.217.